The number of aromatic nitrogens is 4. The summed E-state index contributed by atoms with van der Waals surface area (Å²) in [5.74, 6) is 0.745. The molecular formula is C51H32N4O. The minimum Gasteiger partial charge on any atom is -0.456 e. The first-order chi connectivity index (χ1) is 29.4. The van der Waals surface area contributed by atoms with Crippen molar-refractivity contribution in [3.05, 3.63) is 194 Å². The van der Waals surface area contributed by atoms with Gasteiger partial charge in [-0.2, -0.15) is 0 Å². The zero-order valence-electron chi connectivity index (χ0n) is 33.9. The third kappa shape index (κ3) is 5.45. The molecule has 5 nitrogen and oxygen atoms in total. The molecule has 0 saturated carbocycles. The van der Waals surface area contributed by atoms with Gasteiger partial charge in [0, 0.05) is 43.9 Å². The van der Waals surface area contributed by atoms with Gasteiger partial charge in [-0.3, -0.25) is 0 Å². The van der Waals surface area contributed by atoms with E-state index in [1.807, 2.05) is 150 Å². The fraction of sp³-hybridized carbons (Fsp3) is 0. The lowest BCUT2D eigenvalue weighted by Crippen LogP contribution is -2.00. The maximum Gasteiger partial charge on any atom is 0.164 e. The lowest BCUT2D eigenvalue weighted by Gasteiger charge is -2.11. The Kier molecular flexibility index (Phi) is 6.50. The highest BCUT2D eigenvalue weighted by molar-refractivity contribution is 6.17. The highest BCUT2D eigenvalue weighted by atomic mass is 16.3. The lowest BCUT2D eigenvalue weighted by atomic mass is 10.0. The SMILES string of the molecule is [2H]c1c([2H])c(-n2c3ccccc3c3cc4oc5ccccc5c4cc32)c([2H])c([2H])c1-c1nc(-c2ccc(-c3ccccc3)cc2)nc(-c2ccc(-c3ccccc3)cc2)n1. The van der Waals surface area contributed by atoms with Crippen LogP contribution in [0.25, 0.3) is 106 Å². The van der Waals surface area contributed by atoms with Crippen molar-refractivity contribution in [1.82, 2.24) is 19.5 Å². The summed E-state index contributed by atoms with van der Waals surface area (Å²) in [5.41, 5.74) is 8.77. The predicted molar refractivity (Wildman–Crippen MR) is 229 cm³/mol. The standard InChI is InChI=1S/C51H32N4O/c1-3-11-33(12-4-1)35-19-23-37(24-20-35)49-52-50(38-25-21-36(22-26-38)34-13-5-2-6-14-34)54-51(53-49)39-27-29-40(30-28-39)55-45-17-9-7-15-41(45)43-32-48-44(31-46(43)55)42-16-8-10-18-47(42)56-48/h1-32H/i27D,28D,29D,30D. The fourth-order valence-corrected chi connectivity index (χ4v) is 7.59. The Balaban J connectivity index is 1.10. The highest BCUT2D eigenvalue weighted by Crippen LogP contribution is 2.38. The molecule has 0 N–H and O–H groups in total. The number of fused-ring (bicyclic) bond motifs is 6. The van der Waals surface area contributed by atoms with Crippen LogP contribution in [0.2, 0.25) is 0 Å². The summed E-state index contributed by atoms with van der Waals surface area (Å²) in [6, 6.07) is 54.8. The first-order valence-corrected chi connectivity index (χ1v) is 18.4. The van der Waals surface area contributed by atoms with Crippen molar-refractivity contribution in [1.29, 1.82) is 0 Å². The predicted octanol–water partition coefficient (Wildman–Crippen LogP) is 13.2. The molecule has 3 aromatic heterocycles. The molecule has 11 rings (SSSR count). The molecular weight excluding hydrogens is 685 g/mol. The molecule has 5 heteroatoms. The molecule has 0 saturated heterocycles. The molecule has 0 bridgehead atoms. The van der Waals surface area contributed by atoms with E-state index in [-0.39, 0.29) is 41.2 Å². The molecule has 0 aliphatic rings. The van der Waals surface area contributed by atoms with Gasteiger partial charge in [0.15, 0.2) is 17.5 Å². The largest absolute Gasteiger partial charge is 0.456 e. The molecule has 0 aliphatic heterocycles. The van der Waals surface area contributed by atoms with Gasteiger partial charge >= 0.3 is 0 Å². The summed E-state index contributed by atoms with van der Waals surface area (Å²) in [5, 5.41) is 3.63. The van der Waals surface area contributed by atoms with Gasteiger partial charge in [-0.15, -0.1) is 0 Å². The molecule has 0 radical (unpaired) electrons. The Morgan fingerprint density at radius 1 is 0.357 bits per heavy atom. The molecule has 0 amide bonds. The van der Waals surface area contributed by atoms with Gasteiger partial charge in [-0.1, -0.05) is 146 Å². The van der Waals surface area contributed by atoms with E-state index in [1.54, 1.807) is 0 Å². The molecule has 11 aromatic rings. The number of hydrogen-bond donors (Lipinski definition) is 0. The second-order valence-corrected chi connectivity index (χ2v) is 13.7. The number of rotatable bonds is 6. The van der Waals surface area contributed by atoms with Crippen molar-refractivity contribution in [2.24, 2.45) is 0 Å². The van der Waals surface area contributed by atoms with Crippen LogP contribution < -0.4 is 0 Å². The zero-order chi connectivity index (χ0) is 40.5. The third-order valence-corrected chi connectivity index (χ3v) is 10.4. The van der Waals surface area contributed by atoms with Gasteiger partial charge in [0.25, 0.3) is 0 Å². The van der Waals surface area contributed by atoms with Gasteiger partial charge in [-0.25, -0.2) is 15.0 Å². The second kappa shape index (κ2) is 13.0. The molecule has 56 heavy (non-hydrogen) atoms. The topological polar surface area (TPSA) is 56.7 Å². The Morgan fingerprint density at radius 2 is 0.839 bits per heavy atom. The summed E-state index contributed by atoms with van der Waals surface area (Å²) >= 11 is 0. The second-order valence-electron chi connectivity index (χ2n) is 13.7. The number of furan rings is 1. The van der Waals surface area contributed by atoms with Crippen LogP contribution in [0.4, 0.5) is 0 Å². The highest BCUT2D eigenvalue weighted by Gasteiger charge is 2.18. The van der Waals surface area contributed by atoms with Crippen LogP contribution in [0, 0.1) is 0 Å². The van der Waals surface area contributed by atoms with Gasteiger partial charge in [0.1, 0.15) is 11.2 Å². The molecule has 0 fully saturated rings. The average Bonchev–Trinajstić information content (AvgIpc) is 3.83. The normalized spacial score (nSPS) is 12.6. The summed E-state index contributed by atoms with van der Waals surface area (Å²) in [6.45, 7) is 0. The van der Waals surface area contributed by atoms with Crippen molar-refractivity contribution >= 4 is 43.7 Å². The first kappa shape index (κ1) is 27.9. The molecule has 8 aromatic carbocycles. The van der Waals surface area contributed by atoms with Crippen LogP contribution in [0.1, 0.15) is 5.48 Å². The monoisotopic (exact) mass is 720 g/mol. The zero-order valence-corrected chi connectivity index (χ0v) is 29.9. The maximum atomic E-state index is 9.56. The minimum atomic E-state index is -0.256. The number of nitrogens with zero attached hydrogens (tertiary/aromatic N) is 4. The van der Waals surface area contributed by atoms with E-state index in [1.165, 1.54) is 0 Å². The molecule has 0 spiro atoms. The summed E-state index contributed by atoms with van der Waals surface area (Å²) < 4.78 is 46.2. The fourth-order valence-electron chi connectivity index (χ4n) is 7.59. The number of benzene rings is 8. The van der Waals surface area contributed by atoms with Gasteiger partial charge in [0.2, 0.25) is 0 Å². The summed E-state index contributed by atoms with van der Waals surface area (Å²) in [6.07, 6.45) is 0. The van der Waals surface area contributed by atoms with Crippen molar-refractivity contribution in [2.75, 3.05) is 0 Å². The Morgan fingerprint density at radius 3 is 1.45 bits per heavy atom. The van der Waals surface area contributed by atoms with Crippen LogP contribution in [0.5, 0.6) is 0 Å². The average molecular weight is 721 g/mol. The molecule has 3 heterocycles. The minimum absolute atomic E-state index is 0.00977. The Bertz CT molecular complexity index is 3330. The first-order valence-electron chi connectivity index (χ1n) is 20.4. The van der Waals surface area contributed by atoms with E-state index < -0.39 is 0 Å². The van der Waals surface area contributed by atoms with E-state index in [4.69, 9.17) is 19.4 Å². The Labute approximate surface area is 328 Å². The van der Waals surface area contributed by atoms with E-state index in [2.05, 4.69) is 24.3 Å². The van der Waals surface area contributed by atoms with E-state index in [9.17, 15) is 5.48 Å². The van der Waals surface area contributed by atoms with Crippen LogP contribution in [0.15, 0.2) is 198 Å². The molecule has 0 unspecified atom stereocenters. The number of para-hydroxylation sites is 2. The summed E-state index contributed by atoms with van der Waals surface area (Å²) in [7, 11) is 0. The molecule has 262 valence electrons. The maximum absolute atomic E-state index is 9.56. The van der Waals surface area contributed by atoms with Gasteiger partial charge in [0.05, 0.1) is 16.5 Å². The number of hydrogen-bond acceptors (Lipinski definition) is 4. The van der Waals surface area contributed by atoms with E-state index in [0.29, 0.717) is 11.6 Å². The van der Waals surface area contributed by atoms with Crippen molar-refractivity contribution < 1.29 is 9.90 Å². The summed E-state index contributed by atoms with van der Waals surface area (Å²) in [4.78, 5) is 14.7. The van der Waals surface area contributed by atoms with E-state index >= 15 is 0 Å². The molecule has 0 atom stereocenters. The lowest BCUT2D eigenvalue weighted by molar-refractivity contribution is 0.669. The van der Waals surface area contributed by atoms with Gasteiger partial charge in [-0.05, 0) is 70.7 Å². The third-order valence-electron chi connectivity index (χ3n) is 10.4. The van der Waals surface area contributed by atoms with Crippen molar-refractivity contribution in [2.45, 2.75) is 0 Å². The van der Waals surface area contributed by atoms with Crippen LogP contribution >= 0.6 is 0 Å². The van der Waals surface area contributed by atoms with Gasteiger partial charge < -0.3 is 8.98 Å². The smallest absolute Gasteiger partial charge is 0.164 e. The quantitative estimate of drug-likeness (QED) is 0.172. The van der Waals surface area contributed by atoms with E-state index in [0.717, 1.165) is 77.1 Å². The molecule has 0 aliphatic carbocycles. The van der Waals surface area contributed by atoms with Crippen molar-refractivity contribution in [3.8, 4) is 62.1 Å². The van der Waals surface area contributed by atoms with Crippen LogP contribution in [-0.4, -0.2) is 19.5 Å². The van der Waals surface area contributed by atoms with Crippen LogP contribution in [-0.2, 0) is 0 Å². The van der Waals surface area contributed by atoms with Crippen LogP contribution in [0.3, 0.4) is 0 Å². The van der Waals surface area contributed by atoms with Crippen molar-refractivity contribution in [3.63, 3.8) is 0 Å². The Hall–Kier alpha value is -7.63.